The monoisotopic (exact) mass is 228 g/mol. The van der Waals surface area contributed by atoms with E-state index in [2.05, 4.69) is 15.2 Å². The van der Waals surface area contributed by atoms with Crippen molar-refractivity contribution in [1.29, 1.82) is 0 Å². The maximum Gasteiger partial charge on any atom is 0.406 e. The first-order valence-electron chi connectivity index (χ1n) is 3.83. The maximum atomic E-state index is 10.6. The number of nitrogen functional groups attached to an aromatic ring is 1. The number of aromatic nitrogens is 4. The molecule has 0 atom stereocenters. The normalized spacial score (nSPS) is 10.8. The van der Waals surface area contributed by atoms with Gasteiger partial charge in [0.1, 0.15) is 5.82 Å². The van der Waals surface area contributed by atoms with Gasteiger partial charge in [0.25, 0.3) is 5.15 Å². The van der Waals surface area contributed by atoms with E-state index in [4.69, 9.17) is 17.3 Å². The molecule has 78 valence electrons. The van der Waals surface area contributed by atoms with Crippen LogP contribution in [0.4, 0.5) is 11.6 Å². The third-order valence-corrected chi connectivity index (χ3v) is 2.11. The lowest BCUT2D eigenvalue weighted by molar-refractivity contribution is -0.388. The van der Waals surface area contributed by atoms with Crippen molar-refractivity contribution in [2.24, 2.45) is 0 Å². The molecule has 0 saturated carbocycles. The SMILES string of the molecule is Cc1nnc2c(Cl)nc([N+](=O)[O-])c(N)n12. The minimum atomic E-state index is -0.708. The van der Waals surface area contributed by atoms with Gasteiger partial charge < -0.3 is 15.8 Å². The summed E-state index contributed by atoms with van der Waals surface area (Å²) in [6.07, 6.45) is 0. The number of halogens is 1. The van der Waals surface area contributed by atoms with Crippen molar-refractivity contribution >= 4 is 28.9 Å². The zero-order valence-electron chi connectivity index (χ0n) is 7.51. The average molecular weight is 229 g/mol. The summed E-state index contributed by atoms with van der Waals surface area (Å²) in [6, 6.07) is 0. The molecular formula is C6H5ClN6O2. The number of nitro groups is 1. The lowest BCUT2D eigenvalue weighted by Crippen LogP contribution is -2.06. The highest BCUT2D eigenvalue weighted by Crippen LogP contribution is 2.25. The van der Waals surface area contributed by atoms with Crippen LogP contribution >= 0.6 is 11.6 Å². The summed E-state index contributed by atoms with van der Waals surface area (Å²) in [5, 5.41) is 17.9. The summed E-state index contributed by atoms with van der Waals surface area (Å²) < 4.78 is 1.29. The van der Waals surface area contributed by atoms with E-state index in [1.807, 2.05) is 0 Å². The van der Waals surface area contributed by atoms with Gasteiger partial charge in [-0.15, -0.1) is 10.2 Å². The largest absolute Gasteiger partial charge is 0.406 e. The Morgan fingerprint density at radius 1 is 1.53 bits per heavy atom. The van der Waals surface area contributed by atoms with Gasteiger partial charge in [-0.2, -0.15) is 0 Å². The molecule has 0 fully saturated rings. The lowest BCUT2D eigenvalue weighted by Gasteiger charge is -2.00. The Morgan fingerprint density at radius 3 is 2.80 bits per heavy atom. The van der Waals surface area contributed by atoms with Crippen LogP contribution in [0.25, 0.3) is 5.65 Å². The van der Waals surface area contributed by atoms with Gasteiger partial charge in [0.15, 0.2) is 0 Å². The Hall–Kier alpha value is -1.96. The van der Waals surface area contributed by atoms with E-state index in [-0.39, 0.29) is 16.6 Å². The number of hydrogen-bond acceptors (Lipinski definition) is 6. The summed E-state index contributed by atoms with van der Waals surface area (Å²) in [6.45, 7) is 1.61. The van der Waals surface area contributed by atoms with E-state index < -0.39 is 10.7 Å². The minimum Gasteiger partial charge on any atom is -0.378 e. The Balaban J connectivity index is 2.94. The molecule has 9 heteroatoms. The van der Waals surface area contributed by atoms with Gasteiger partial charge in [-0.1, -0.05) is 0 Å². The number of anilines is 1. The van der Waals surface area contributed by atoms with Gasteiger partial charge in [-0.05, 0) is 28.4 Å². The van der Waals surface area contributed by atoms with Crippen LogP contribution in [0, 0.1) is 17.0 Å². The molecule has 0 aliphatic rings. The van der Waals surface area contributed by atoms with E-state index >= 15 is 0 Å². The number of hydrogen-bond donors (Lipinski definition) is 1. The highest BCUT2D eigenvalue weighted by molar-refractivity contribution is 6.32. The molecule has 2 rings (SSSR count). The fourth-order valence-corrected chi connectivity index (χ4v) is 1.42. The molecule has 0 aromatic carbocycles. The van der Waals surface area contributed by atoms with Crippen LogP contribution in [0.5, 0.6) is 0 Å². The van der Waals surface area contributed by atoms with Gasteiger partial charge in [0.05, 0.1) is 0 Å². The quantitative estimate of drug-likeness (QED) is 0.564. The third-order valence-electron chi connectivity index (χ3n) is 1.86. The van der Waals surface area contributed by atoms with E-state index in [1.165, 1.54) is 4.40 Å². The molecule has 0 saturated heterocycles. The van der Waals surface area contributed by atoms with Crippen LogP contribution in [-0.2, 0) is 0 Å². The molecule has 0 aliphatic carbocycles. The number of aryl methyl sites for hydroxylation is 1. The highest BCUT2D eigenvalue weighted by atomic mass is 35.5. The molecule has 0 unspecified atom stereocenters. The smallest absolute Gasteiger partial charge is 0.378 e. The number of fused-ring (bicyclic) bond motifs is 1. The van der Waals surface area contributed by atoms with Gasteiger partial charge in [-0.3, -0.25) is 4.40 Å². The zero-order chi connectivity index (χ0) is 11.2. The van der Waals surface area contributed by atoms with E-state index in [0.29, 0.717) is 5.82 Å². The van der Waals surface area contributed by atoms with Crippen LogP contribution in [-0.4, -0.2) is 24.5 Å². The van der Waals surface area contributed by atoms with Crippen molar-refractivity contribution in [2.75, 3.05) is 5.73 Å². The molecule has 2 aromatic rings. The maximum absolute atomic E-state index is 10.6. The second-order valence-corrected chi connectivity index (χ2v) is 3.13. The molecule has 2 heterocycles. The first-order chi connectivity index (χ1) is 7.02. The van der Waals surface area contributed by atoms with Crippen LogP contribution in [0.3, 0.4) is 0 Å². The fraction of sp³-hybridized carbons (Fsp3) is 0.167. The Morgan fingerprint density at radius 2 is 2.20 bits per heavy atom. The summed E-state index contributed by atoms with van der Waals surface area (Å²) in [5.74, 6) is -0.229. The molecule has 8 nitrogen and oxygen atoms in total. The summed E-state index contributed by atoms with van der Waals surface area (Å²) in [5.41, 5.74) is 5.76. The standard InChI is InChI=1S/C6H5ClN6O2/c1-2-10-11-5-3(7)9-6(13(14)15)4(8)12(2)5/h8H2,1H3. The second-order valence-electron chi connectivity index (χ2n) is 2.77. The minimum absolute atomic E-state index is 0.100. The van der Waals surface area contributed by atoms with E-state index in [0.717, 1.165) is 0 Å². The highest BCUT2D eigenvalue weighted by Gasteiger charge is 2.23. The lowest BCUT2D eigenvalue weighted by atomic mass is 10.5. The number of nitrogens with two attached hydrogens (primary N) is 1. The van der Waals surface area contributed by atoms with E-state index in [1.54, 1.807) is 6.92 Å². The molecule has 0 radical (unpaired) electrons. The average Bonchev–Trinajstić information content (AvgIpc) is 2.54. The van der Waals surface area contributed by atoms with Crippen molar-refractivity contribution in [2.45, 2.75) is 6.92 Å². The Kier molecular flexibility index (Phi) is 1.93. The molecular weight excluding hydrogens is 224 g/mol. The van der Waals surface area contributed by atoms with Gasteiger partial charge in [-0.25, -0.2) is 0 Å². The van der Waals surface area contributed by atoms with Crippen molar-refractivity contribution in [3.8, 4) is 0 Å². The van der Waals surface area contributed by atoms with Gasteiger partial charge in [0, 0.05) is 0 Å². The topological polar surface area (TPSA) is 112 Å². The molecule has 0 amide bonds. The molecule has 2 N–H and O–H groups in total. The van der Waals surface area contributed by atoms with Crippen molar-refractivity contribution in [3.05, 3.63) is 21.1 Å². The molecule has 2 aromatic heterocycles. The van der Waals surface area contributed by atoms with Gasteiger partial charge >= 0.3 is 5.82 Å². The first-order valence-corrected chi connectivity index (χ1v) is 4.21. The summed E-state index contributed by atoms with van der Waals surface area (Å²) in [4.78, 5) is 13.4. The third kappa shape index (κ3) is 1.26. The second kappa shape index (κ2) is 3.02. The van der Waals surface area contributed by atoms with Crippen LogP contribution in [0.15, 0.2) is 0 Å². The Labute approximate surface area is 87.8 Å². The number of rotatable bonds is 1. The first kappa shape index (κ1) is 9.59. The van der Waals surface area contributed by atoms with Crippen molar-refractivity contribution in [3.63, 3.8) is 0 Å². The van der Waals surface area contributed by atoms with Gasteiger partial charge in [0.2, 0.25) is 11.5 Å². The van der Waals surface area contributed by atoms with Crippen molar-refractivity contribution < 1.29 is 4.92 Å². The molecule has 15 heavy (non-hydrogen) atoms. The fourth-order valence-electron chi connectivity index (χ4n) is 1.22. The molecule has 0 aliphatic heterocycles. The van der Waals surface area contributed by atoms with Crippen LogP contribution in [0.1, 0.15) is 5.82 Å². The van der Waals surface area contributed by atoms with Crippen molar-refractivity contribution in [1.82, 2.24) is 19.6 Å². The van der Waals surface area contributed by atoms with E-state index in [9.17, 15) is 10.1 Å². The molecule has 0 spiro atoms. The summed E-state index contributed by atoms with van der Waals surface area (Å²) >= 11 is 5.70. The van der Waals surface area contributed by atoms with Crippen LogP contribution < -0.4 is 5.73 Å². The predicted octanol–water partition coefficient (Wildman–Crippen LogP) is 0.577. The van der Waals surface area contributed by atoms with Crippen LogP contribution in [0.2, 0.25) is 5.15 Å². The molecule has 0 bridgehead atoms. The number of nitrogens with zero attached hydrogens (tertiary/aromatic N) is 5. The predicted molar refractivity (Wildman–Crippen MR) is 51.6 cm³/mol. The summed E-state index contributed by atoms with van der Waals surface area (Å²) in [7, 11) is 0. The zero-order valence-corrected chi connectivity index (χ0v) is 8.26. The Bertz CT molecular complexity index is 564.